The van der Waals surface area contributed by atoms with Crippen molar-refractivity contribution in [1.29, 1.82) is 0 Å². The van der Waals surface area contributed by atoms with Gasteiger partial charge < -0.3 is 16.0 Å². The molecule has 0 fully saturated rings. The number of anilines is 2. The number of carbonyl (C=O) groups is 1. The predicted octanol–water partition coefficient (Wildman–Crippen LogP) is 2.83. The fourth-order valence-electron chi connectivity index (χ4n) is 2.42. The maximum Gasteiger partial charge on any atom is 0.253 e. The minimum absolute atomic E-state index is 0.0991. The highest BCUT2D eigenvalue weighted by atomic mass is 16.1. The van der Waals surface area contributed by atoms with Gasteiger partial charge in [0.15, 0.2) is 0 Å². The normalized spacial score (nSPS) is 10.3. The van der Waals surface area contributed by atoms with Crippen LogP contribution >= 0.6 is 0 Å². The summed E-state index contributed by atoms with van der Waals surface area (Å²) >= 11 is 0. The number of nitrogens with one attached hydrogen (secondary N) is 1. The van der Waals surface area contributed by atoms with Crippen LogP contribution in [0.1, 0.15) is 22.3 Å². The molecule has 2 aromatic rings. The summed E-state index contributed by atoms with van der Waals surface area (Å²) in [6, 6.07) is 15.7. The molecular formula is C18H23N3O. The van der Waals surface area contributed by atoms with Gasteiger partial charge in [0.25, 0.3) is 5.91 Å². The number of aryl methyl sites for hydroxylation is 1. The van der Waals surface area contributed by atoms with Gasteiger partial charge in [-0.25, -0.2) is 0 Å². The molecule has 0 saturated carbocycles. The van der Waals surface area contributed by atoms with Crippen LogP contribution in [-0.2, 0) is 0 Å². The lowest BCUT2D eigenvalue weighted by molar-refractivity contribution is 0.0953. The lowest BCUT2D eigenvalue weighted by atomic mass is 10.1. The van der Waals surface area contributed by atoms with Gasteiger partial charge in [0, 0.05) is 31.5 Å². The molecule has 0 unspecified atom stereocenters. The first-order valence-electron chi connectivity index (χ1n) is 7.49. The topological polar surface area (TPSA) is 58.4 Å². The second kappa shape index (κ2) is 7.50. The first-order chi connectivity index (χ1) is 10.6. The Bertz CT molecular complexity index is 605. The smallest absolute Gasteiger partial charge is 0.253 e. The molecule has 0 saturated heterocycles. The zero-order valence-corrected chi connectivity index (χ0v) is 13.2. The number of rotatable bonds is 6. The van der Waals surface area contributed by atoms with E-state index in [1.54, 1.807) is 6.07 Å². The molecule has 1 amide bonds. The van der Waals surface area contributed by atoms with E-state index in [9.17, 15) is 4.79 Å². The highest BCUT2D eigenvalue weighted by Crippen LogP contribution is 2.16. The average molecular weight is 297 g/mol. The number of nitrogens with zero attached hydrogens (tertiary/aromatic N) is 1. The molecule has 2 aromatic carbocycles. The van der Waals surface area contributed by atoms with Gasteiger partial charge in [-0.3, -0.25) is 4.79 Å². The van der Waals surface area contributed by atoms with Crippen molar-refractivity contribution < 1.29 is 4.79 Å². The Morgan fingerprint density at radius 3 is 2.55 bits per heavy atom. The fraction of sp³-hybridized carbons (Fsp3) is 0.278. The Morgan fingerprint density at radius 1 is 1.14 bits per heavy atom. The van der Waals surface area contributed by atoms with Gasteiger partial charge in [0.05, 0.1) is 5.56 Å². The van der Waals surface area contributed by atoms with E-state index in [0.717, 1.165) is 18.5 Å². The number of hydrogen-bond donors (Lipinski definition) is 2. The van der Waals surface area contributed by atoms with Crippen LogP contribution in [0.15, 0.2) is 48.5 Å². The van der Waals surface area contributed by atoms with Crippen molar-refractivity contribution in [2.24, 2.45) is 0 Å². The van der Waals surface area contributed by atoms with Crippen molar-refractivity contribution in [3.05, 3.63) is 59.7 Å². The van der Waals surface area contributed by atoms with Crippen LogP contribution in [0.25, 0.3) is 0 Å². The molecule has 4 nitrogen and oxygen atoms in total. The summed E-state index contributed by atoms with van der Waals surface area (Å²) in [5.74, 6) is -0.0991. The minimum Gasteiger partial charge on any atom is -0.398 e. The Hall–Kier alpha value is -2.49. The van der Waals surface area contributed by atoms with E-state index >= 15 is 0 Å². The van der Waals surface area contributed by atoms with Crippen LogP contribution in [-0.4, -0.2) is 26.0 Å². The van der Waals surface area contributed by atoms with Gasteiger partial charge in [0.1, 0.15) is 0 Å². The Balaban J connectivity index is 1.80. The van der Waals surface area contributed by atoms with Gasteiger partial charge in [0.2, 0.25) is 0 Å². The maximum absolute atomic E-state index is 12.2. The van der Waals surface area contributed by atoms with E-state index in [4.69, 9.17) is 5.73 Å². The number of para-hydroxylation sites is 1. The molecule has 116 valence electrons. The van der Waals surface area contributed by atoms with Crippen molar-refractivity contribution in [2.45, 2.75) is 13.3 Å². The van der Waals surface area contributed by atoms with E-state index in [-0.39, 0.29) is 5.91 Å². The van der Waals surface area contributed by atoms with Crippen LogP contribution in [0.3, 0.4) is 0 Å². The molecule has 0 aliphatic carbocycles. The van der Waals surface area contributed by atoms with E-state index in [1.807, 2.05) is 37.3 Å². The monoisotopic (exact) mass is 297 g/mol. The quantitative estimate of drug-likeness (QED) is 0.637. The number of carbonyl (C=O) groups excluding carboxylic acids is 1. The summed E-state index contributed by atoms with van der Waals surface area (Å²) < 4.78 is 0. The number of amides is 1. The summed E-state index contributed by atoms with van der Waals surface area (Å²) in [6.07, 6.45) is 0.878. The van der Waals surface area contributed by atoms with Gasteiger partial charge in [-0.15, -0.1) is 0 Å². The molecule has 0 aliphatic rings. The van der Waals surface area contributed by atoms with Crippen molar-refractivity contribution in [2.75, 3.05) is 30.8 Å². The van der Waals surface area contributed by atoms with Crippen molar-refractivity contribution in [3.8, 4) is 0 Å². The molecule has 0 aliphatic heterocycles. The zero-order valence-electron chi connectivity index (χ0n) is 13.2. The lowest BCUT2D eigenvalue weighted by Crippen LogP contribution is -2.29. The first-order valence-corrected chi connectivity index (χ1v) is 7.49. The fourth-order valence-corrected chi connectivity index (χ4v) is 2.42. The second-order valence-corrected chi connectivity index (χ2v) is 5.41. The van der Waals surface area contributed by atoms with Crippen LogP contribution < -0.4 is 16.0 Å². The summed E-state index contributed by atoms with van der Waals surface area (Å²) in [7, 11) is 2.05. The third-order valence-corrected chi connectivity index (χ3v) is 3.68. The largest absolute Gasteiger partial charge is 0.398 e. The summed E-state index contributed by atoms with van der Waals surface area (Å²) in [5, 5.41) is 2.94. The van der Waals surface area contributed by atoms with E-state index in [2.05, 4.69) is 29.4 Å². The molecule has 0 atom stereocenters. The van der Waals surface area contributed by atoms with Gasteiger partial charge in [-0.1, -0.05) is 30.3 Å². The third-order valence-electron chi connectivity index (χ3n) is 3.68. The molecule has 2 rings (SSSR count). The first kappa shape index (κ1) is 15.9. The maximum atomic E-state index is 12.2. The lowest BCUT2D eigenvalue weighted by Gasteiger charge is -2.19. The number of hydrogen-bond acceptors (Lipinski definition) is 3. The SMILES string of the molecule is Cc1cccc(N)c1C(=O)NCCCN(C)c1ccccc1. The molecule has 0 spiro atoms. The van der Waals surface area contributed by atoms with Crippen LogP contribution in [0.4, 0.5) is 11.4 Å². The van der Waals surface area contributed by atoms with E-state index in [1.165, 1.54) is 5.69 Å². The van der Waals surface area contributed by atoms with Gasteiger partial charge in [-0.2, -0.15) is 0 Å². The average Bonchev–Trinajstić information content (AvgIpc) is 2.52. The van der Waals surface area contributed by atoms with Crippen molar-refractivity contribution in [1.82, 2.24) is 5.32 Å². The van der Waals surface area contributed by atoms with Crippen LogP contribution in [0.5, 0.6) is 0 Å². The highest BCUT2D eigenvalue weighted by Gasteiger charge is 2.11. The summed E-state index contributed by atoms with van der Waals surface area (Å²) in [5.41, 5.74) is 9.07. The zero-order chi connectivity index (χ0) is 15.9. The molecule has 0 bridgehead atoms. The minimum atomic E-state index is -0.0991. The molecule has 0 heterocycles. The molecule has 4 heteroatoms. The molecule has 22 heavy (non-hydrogen) atoms. The van der Waals surface area contributed by atoms with Crippen LogP contribution in [0, 0.1) is 6.92 Å². The summed E-state index contributed by atoms with van der Waals surface area (Å²) in [4.78, 5) is 14.4. The van der Waals surface area contributed by atoms with E-state index in [0.29, 0.717) is 17.8 Å². The standard InChI is InChI=1S/C18H23N3O/c1-14-8-6-11-16(19)17(14)18(22)20-12-7-13-21(2)15-9-4-3-5-10-15/h3-6,8-11H,7,12-13,19H2,1-2H3,(H,20,22). The highest BCUT2D eigenvalue weighted by molar-refractivity contribution is 6.00. The third kappa shape index (κ3) is 4.01. The Morgan fingerprint density at radius 2 is 1.86 bits per heavy atom. The Kier molecular flexibility index (Phi) is 5.42. The molecule has 0 radical (unpaired) electrons. The molecule has 3 N–H and O–H groups in total. The van der Waals surface area contributed by atoms with Crippen molar-refractivity contribution >= 4 is 17.3 Å². The van der Waals surface area contributed by atoms with Gasteiger partial charge >= 0.3 is 0 Å². The second-order valence-electron chi connectivity index (χ2n) is 5.41. The number of nitrogen functional groups attached to an aromatic ring is 1. The summed E-state index contributed by atoms with van der Waals surface area (Å²) in [6.45, 7) is 3.41. The van der Waals surface area contributed by atoms with E-state index < -0.39 is 0 Å². The number of benzene rings is 2. The van der Waals surface area contributed by atoms with Crippen molar-refractivity contribution in [3.63, 3.8) is 0 Å². The predicted molar refractivity (Wildman–Crippen MR) is 92.3 cm³/mol. The Labute approximate surface area is 131 Å². The number of nitrogens with two attached hydrogens (primary N) is 1. The molecular weight excluding hydrogens is 274 g/mol. The van der Waals surface area contributed by atoms with Crippen LogP contribution in [0.2, 0.25) is 0 Å². The molecule has 0 aromatic heterocycles. The van der Waals surface area contributed by atoms with Gasteiger partial charge in [-0.05, 0) is 37.1 Å².